The molecule has 1 fully saturated rings. The molecule has 0 saturated heterocycles. The Morgan fingerprint density at radius 3 is 2.50 bits per heavy atom. The number of nitrogens with two attached hydrogens (primary N) is 1. The predicted octanol–water partition coefficient (Wildman–Crippen LogP) is 3.02. The molecule has 102 valence electrons. The number of hydrogen-bond donors (Lipinski definition) is 1. The highest BCUT2D eigenvalue weighted by Crippen LogP contribution is 2.36. The van der Waals surface area contributed by atoms with Crippen molar-refractivity contribution in [3.8, 4) is 0 Å². The van der Waals surface area contributed by atoms with Crippen LogP contribution in [0.5, 0.6) is 0 Å². The molecule has 1 aromatic rings. The zero-order valence-electron chi connectivity index (χ0n) is 12.0. The van der Waals surface area contributed by atoms with E-state index in [0.717, 1.165) is 38.0 Å². The molecule has 0 spiro atoms. The summed E-state index contributed by atoms with van der Waals surface area (Å²) in [5.74, 6) is 2.18. The summed E-state index contributed by atoms with van der Waals surface area (Å²) < 4.78 is 5.34. The van der Waals surface area contributed by atoms with E-state index in [1.807, 2.05) is 0 Å². The second-order valence-corrected chi connectivity index (χ2v) is 7.09. The van der Waals surface area contributed by atoms with Gasteiger partial charge in [0, 0.05) is 6.42 Å². The van der Waals surface area contributed by atoms with E-state index in [2.05, 4.69) is 37.8 Å². The molecule has 18 heavy (non-hydrogen) atoms. The first-order valence-corrected chi connectivity index (χ1v) is 6.90. The van der Waals surface area contributed by atoms with Crippen molar-refractivity contribution in [1.29, 1.82) is 0 Å². The summed E-state index contributed by atoms with van der Waals surface area (Å²) >= 11 is 0. The lowest BCUT2D eigenvalue weighted by molar-refractivity contribution is 0.229. The second kappa shape index (κ2) is 4.65. The number of hydrogen-bond acceptors (Lipinski definition) is 4. The summed E-state index contributed by atoms with van der Waals surface area (Å²) in [7, 11) is 0. The molecule has 4 heteroatoms. The number of rotatable bonds is 2. The standard InChI is InChI=1S/C14H25N3O/c1-10-5-7-14(15,8-6-10)12-16-11(18-17-12)9-13(2,3)4/h10H,5-9,15H2,1-4H3. The Morgan fingerprint density at radius 1 is 1.33 bits per heavy atom. The Hall–Kier alpha value is -0.900. The summed E-state index contributed by atoms with van der Waals surface area (Å²) in [6.45, 7) is 8.77. The topological polar surface area (TPSA) is 64.9 Å². The van der Waals surface area contributed by atoms with Gasteiger partial charge >= 0.3 is 0 Å². The van der Waals surface area contributed by atoms with Gasteiger partial charge in [-0.3, -0.25) is 0 Å². The zero-order valence-corrected chi connectivity index (χ0v) is 12.0. The molecule has 0 atom stereocenters. The average molecular weight is 251 g/mol. The van der Waals surface area contributed by atoms with Crippen LogP contribution in [0, 0.1) is 11.3 Å². The summed E-state index contributed by atoms with van der Waals surface area (Å²) in [5, 5.41) is 4.11. The van der Waals surface area contributed by atoms with E-state index in [0.29, 0.717) is 11.7 Å². The third kappa shape index (κ3) is 3.10. The van der Waals surface area contributed by atoms with Gasteiger partial charge in [-0.25, -0.2) is 0 Å². The minimum absolute atomic E-state index is 0.159. The predicted molar refractivity (Wildman–Crippen MR) is 71.0 cm³/mol. The average Bonchev–Trinajstić information content (AvgIpc) is 2.69. The molecule has 2 rings (SSSR count). The molecule has 2 N–H and O–H groups in total. The molecule has 0 aromatic carbocycles. The maximum Gasteiger partial charge on any atom is 0.227 e. The lowest BCUT2D eigenvalue weighted by Crippen LogP contribution is -2.41. The van der Waals surface area contributed by atoms with Crippen molar-refractivity contribution in [2.75, 3.05) is 0 Å². The third-order valence-corrected chi connectivity index (χ3v) is 3.76. The summed E-state index contributed by atoms with van der Waals surface area (Å²) in [6.07, 6.45) is 5.02. The van der Waals surface area contributed by atoms with Crippen molar-refractivity contribution in [3.63, 3.8) is 0 Å². The van der Waals surface area contributed by atoms with Gasteiger partial charge in [0.15, 0.2) is 5.82 Å². The Labute approximate surface area is 109 Å². The van der Waals surface area contributed by atoms with E-state index in [4.69, 9.17) is 10.3 Å². The normalized spacial score (nSPS) is 29.5. The number of aromatic nitrogens is 2. The summed E-state index contributed by atoms with van der Waals surface area (Å²) in [6, 6.07) is 0. The van der Waals surface area contributed by atoms with Crippen LogP contribution in [-0.4, -0.2) is 10.1 Å². The quantitative estimate of drug-likeness (QED) is 0.877. The van der Waals surface area contributed by atoms with Gasteiger partial charge in [0.25, 0.3) is 0 Å². The Morgan fingerprint density at radius 2 is 1.94 bits per heavy atom. The Kier molecular flexibility index (Phi) is 3.49. The maximum atomic E-state index is 6.43. The largest absolute Gasteiger partial charge is 0.339 e. The fourth-order valence-electron chi connectivity index (χ4n) is 2.48. The molecule has 1 aromatic heterocycles. The maximum absolute atomic E-state index is 6.43. The van der Waals surface area contributed by atoms with Crippen LogP contribution >= 0.6 is 0 Å². The molecule has 1 aliphatic carbocycles. The fraction of sp³-hybridized carbons (Fsp3) is 0.857. The molecule has 0 aliphatic heterocycles. The van der Waals surface area contributed by atoms with Gasteiger partial charge in [-0.2, -0.15) is 4.98 Å². The minimum Gasteiger partial charge on any atom is -0.339 e. The lowest BCUT2D eigenvalue weighted by Gasteiger charge is -2.33. The van der Waals surface area contributed by atoms with Crippen LogP contribution in [0.3, 0.4) is 0 Å². The third-order valence-electron chi connectivity index (χ3n) is 3.76. The van der Waals surface area contributed by atoms with Gasteiger partial charge in [0.1, 0.15) is 0 Å². The van der Waals surface area contributed by atoms with E-state index in [1.54, 1.807) is 0 Å². The first-order valence-electron chi connectivity index (χ1n) is 6.90. The SMILES string of the molecule is CC1CCC(N)(c2noc(CC(C)(C)C)n2)CC1. The van der Waals surface area contributed by atoms with Crippen LogP contribution in [0.4, 0.5) is 0 Å². The van der Waals surface area contributed by atoms with Crippen molar-refractivity contribution in [3.05, 3.63) is 11.7 Å². The molecule has 4 nitrogen and oxygen atoms in total. The fourth-order valence-corrected chi connectivity index (χ4v) is 2.48. The van der Waals surface area contributed by atoms with Gasteiger partial charge < -0.3 is 10.3 Å². The van der Waals surface area contributed by atoms with Crippen LogP contribution < -0.4 is 5.73 Å². The van der Waals surface area contributed by atoms with Crippen LogP contribution in [0.25, 0.3) is 0 Å². The molecular formula is C14H25N3O. The van der Waals surface area contributed by atoms with Crippen molar-refractivity contribution < 1.29 is 4.52 Å². The molecule has 1 aliphatic rings. The highest BCUT2D eigenvalue weighted by Gasteiger charge is 2.36. The minimum atomic E-state index is -0.369. The summed E-state index contributed by atoms with van der Waals surface area (Å²) in [4.78, 5) is 4.51. The van der Waals surface area contributed by atoms with Gasteiger partial charge in [-0.05, 0) is 37.0 Å². The highest BCUT2D eigenvalue weighted by atomic mass is 16.5. The molecule has 0 unspecified atom stereocenters. The van der Waals surface area contributed by atoms with Gasteiger partial charge in [-0.1, -0.05) is 32.9 Å². The van der Waals surface area contributed by atoms with E-state index in [-0.39, 0.29) is 11.0 Å². The highest BCUT2D eigenvalue weighted by molar-refractivity contribution is 5.06. The second-order valence-electron chi connectivity index (χ2n) is 7.09. The molecule has 0 bridgehead atoms. The van der Waals surface area contributed by atoms with Crippen LogP contribution in [0.1, 0.15) is 65.1 Å². The van der Waals surface area contributed by atoms with Gasteiger partial charge in [0.05, 0.1) is 5.54 Å². The van der Waals surface area contributed by atoms with Crippen LogP contribution in [0.2, 0.25) is 0 Å². The molecule has 1 heterocycles. The monoisotopic (exact) mass is 251 g/mol. The smallest absolute Gasteiger partial charge is 0.227 e. The zero-order chi connectivity index (χ0) is 13.4. The molecule has 0 radical (unpaired) electrons. The van der Waals surface area contributed by atoms with Crippen molar-refractivity contribution in [2.24, 2.45) is 17.1 Å². The van der Waals surface area contributed by atoms with Crippen molar-refractivity contribution in [1.82, 2.24) is 10.1 Å². The Bertz CT molecular complexity index is 397. The first kappa shape index (κ1) is 13.5. The lowest BCUT2D eigenvalue weighted by atomic mass is 9.77. The van der Waals surface area contributed by atoms with E-state index in [9.17, 15) is 0 Å². The van der Waals surface area contributed by atoms with E-state index in [1.165, 1.54) is 0 Å². The summed E-state index contributed by atoms with van der Waals surface area (Å²) in [5.41, 5.74) is 6.23. The van der Waals surface area contributed by atoms with Crippen molar-refractivity contribution >= 4 is 0 Å². The van der Waals surface area contributed by atoms with Crippen LogP contribution in [0.15, 0.2) is 4.52 Å². The van der Waals surface area contributed by atoms with Crippen molar-refractivity contribution in [2.45, 2.75) is 65.3 Å². The van der Waals surface area contributed by atoms with E-state index >= 15 is 0 Å². The Balaban J connectivity index is 2.10. The molecule has 0 amide bonds. The van der Waals surface area contributed by atoms with Gasteiger partial charge in [0.2, 0.25) is 5.89 Å². The van der Waals surface area contributed by atoms with Gasteiger partial charge in [-0.15, -0.1) is 0 Å². The van der Waals surface area contributed by atoms with E-state index < -0.39 is 0 Å². The number of nitrogens with zero attached hydrogens (tertiary/aromatic N) is 2. The first-order chi connectivity index (χ1) is 8.28. The molecular weight excluding hydrogens is 226 g/mol. The molecule has 1 saturated carbocycles. The van der Waals surface area contributed by atoms with Crippen LogP contribution in [-0.2, 0) is 12.0 Å².